The van der Waals surface area contributed by atoms with E-state index in [0.717, 1.165) is 16.3 Å². The standard InChI is InChI=1S/C16H14ClN3OS/c1-10-11(2)22-16(18-10)19-15(21)13-9-12(5-6-14(13)17)20-7-3-4-8-20/h3-9H,1-2H3,(H,18,19,21). The molecular weight excluding hydrogens is 318 g/mol. The van der Waals surface area contributed by atoms with Gasteiger partial charge >= 0.3 is 0 Å². The molecule has 0 aliphatic heterocycles. The van der Waals surface area contributed by atoms with Crippen molar-refractivity contribution in [2.45, 2.75) is 13.8 Å². The van der Waals surface area contributed by atoms with Crippen LogP contribution < -0.4 is 5.32 Å². The van der Waals surface area contributed by atoms with Crippen LogP contribution in [-0.2, 0) is 0 Å². The Morgan fingerprint density at radius 1 is 1.27 bits per heavy atom. The van der Waals surface area contributed by atoms with Crippen LogP contribution in [-0.4, -0.2) is 15.5 Å². The molecule has 22 heavy (non-hydrogen) atoms. The van der Waals surface area contributed by atoms with Gasteiger partial charge in [-0.25, -0.2) is 4.98 Å². The molecule has 0 atom stereocenters. The monoisotopic (exact) mass is 331 g/mol. The molecule has 0 bridgehead atoms. The van der Waals surface area contributed by atoms with Gasteiger partial charge in [0.2, 0.25) is 0 Å². The van der Waals surface area contributed by atoms with Gasteiger partial charge in [-0.15, -0.1) is 11.3 Å². The average Bonchev–Trinajstić information content (AvgIpc) is 3.10. The van der Waals surface area contributed by atoms with E-state index in [-0.39, 0.29) is 5.91 Å². The zero-order chi connectivity index (χ0) is 15.7. The van der Waals surface area contributed by atoms with Crippen molar-refractivity contribution < 1.29 is 4.79 Å². The first-order valence-electron chi connectivity index (χ1n) is 6.73. The van der Waals surface area contributed by atoms with Crippen molar-refractivity contribution in [3.8, 4) is 5.69 Å². The van der Waals surface area contributed by atoms with Crippen LogP contribution in [0.3, 0.4) is 0 Å². The minimum absolute atomic E-state index is 0.257. The molecule has 0 spiro atoms. The quantitative estimate of drug-likeness (QED) is 0.770. The minimum Gasteiger partial charge on any atom is -0.324 e. The maximum absolute atomic E-state index is 12.4. The summed E-state index contributed by atoms with van der Waals surface area (Å²) in [4.78, 5) is 17.8. The summed E-state index contributed by atoms with van der Waals surface area (Å²) in [6.07, 6.45) is 3.83. The summed E-state index contributed by atoms with van der Waals surface area (Å²) in [6.45, 7) is 3.89. The van der Waals surface area contributed by atoms with E-state index in [0.29, 0.717) is 15.7 Å². The fourth-order valence-electron chi connectivity index (χ4n) is 2.05. The Labute approximate surface area is 137 Å². The molecule has 0 radical (unpaired) electrons. The Morgan fingerprint density at radius 3 is 2.64 bits per heavy atom. The lowest BCUT2D eigenvalue weighted by molar-refractivity contribution is 0.102. The average molecular weight is 332 g/mol. The third-order valence-corrected chi connectivity index (χ3v) is 4.66. The van der Waals surface area contributed by atoms with E-state index in [4.69, 9.17) is 11.6 Å². The molecule has 2 heterocycles. The van der Waals surface area contributed by atoms with Crippen molar-refractivity contribution in [3.05, 3.63) is 63.9 Å². The van der Waals surface area contributed by atoms with Gasteiger partial charge < -0.3 is 4.57 Å². The number of halogens is 1. The molecule has 0 unspecified atom stereocenters. The zero-order valence-corrected chi connectivity index (χ0v) is 13.7. The van der Waals surface area contributed by atoms with E-state index in [1.54, 1.807) is 12.1 Å². The number of hydrogen-bond donors (Lipinski definition) is 1. The predicted octanol–water partition coefficient (Wildman–Crippen LogP) is 4.46. The molecule has 4 nitrogen and oxygen atoms in total. The van der Waals surface area contributed by atoms with Crippen molar-refractivity contribution >= 4 is 34.0 Å². The largest absolute Gasteiger partial charge is 0.324 e. The molecule has 0 saturated carbocycles. The molecule has 2 aromatic heterocycles. The van der Waals surface area contributed by atoms with Gasteiger partial charge in [0.1, 0.15) is 0 Å². The highest BCUT2D eigenvalue weighted by atomic mass is 35.5. The zero-order valence-electron chi connectivity index (χ0n) is 12.1. The smallest absolute Gasteiger partial charge is 0.259 e. The summed E-state index contributed by atoms with van der Waals surface area (Å²) in [6, 6.07) is 9.22. The Bertz CT molecular complexity index is 805. The second-order valence-corrected chi connectivity index (χ2v) is 6.48. The lowest BCUT2D eigenvalue weighted by atomic mass is 10.2. The van der Waals surface area contributed by atoms with Gasteiger partial charge in [-0.05, 0) is 44.2 Å². The molecule has 0 saturated heterocycles. The number of carbonyl (C=O) groups excluding carboxylic acids is 1. The van der Waals surface area contributed by atoms with Crippen LogP contribution in [0.4, 0.5) is 5.13 Å². The first kappa shape index (κ1) is 14.8. The molecule has 1 N–H and O–H groups in total. The molecule has 1 aromatic carbocycles. The van der Waals surface area contributed by atoms with E-state index in [9.17, 15) is 4.79 Å². The molecular formula is C16H14ClN3OS. The minimum atomic E-state index is -0.257. The van der Waals surface area contributed by atoms with E-state index < -0.39 is 0 Å². The van der Waals surface area contributed by atoms with Crippen LogP contribution in [0, 0.1) is 13.8 Å². The van der Waals surface area contributed by atoms with E-state index in [1.165, 1.54) is 11.3 Å². The molecule has 0 aliphatic rings. The Kier molecular flexibility index (Phi) is 4.00. The van der Waals surface area contributed by atoms with Crippen LogP contribution in [0.15, 0.2) is 42.7 Å². The maximum Gasteiger partial charge on any atom is 0.259 e. The first-order valence-corrected chi connectivity index (χ1v) is 7.92. The van der Waals surface area contributed by atoms with Crippen molar-refractivity contribution in [1.82, 2.24) is 9.55 Å². The van der Waals surface area contributed by atoms with Crippen molar-refractivity contribution in [3.63, 3.8) is 0 Å². The molecule has 1 amide bonds. The number of thiazole rings is 1. The van der Waals surface area contributed by atoms with Gasteiger partial charge in [-0.1, -0.05) is 11.6 Å². The van der Waals surface area contributed by atoms with Crippen LogP contribution >= 0.6 is 22.9 Å². The fraction of sp³-hybridized carbons (Fsp3) is 0.125. The first-order chi connectivity index (χ1) is 10.5. The number of carbonyl (C=O) groups is 1. The topological polar surface area (TPSA) is 46.9 Å². The highest BCUT2D eigenvalue weighted by molar-refractivity contribution is 7.15. The van der Waals surface area contributed by atoms with Crippen molar-refractivity contribution in [1.29, 1.82) is 0 Å². The SMILES string of the molecule is Cc1nc(NC(=O)c2cc(-n3cccc3)ccc2Cl)sc1C. The summed E-state index contributed by atoms with van der Waals surface area (Å²) in [5.74, 6) is -0.257. The van der Waals surface area contributed by atoms with E-state index >= 15 is 0 Å². The Hall–Kier alpha value is -2.11. The van der Waals surface area contributed by atoms with Crippen LogP contribution in [0.5, 0.6) is 0 Å². The number of amides is 1. The number of rotatable bonds is 3. The molecule has 3 aromatic rings. The van der Waals surface area contributed by atoms with Crippen LogP contribution in [0.1, 0.15) is 20.9 Å². The lowest BCUT2D eigenvalue weighted by Gasteiger charge is -2.08. The van der Waals surface area contributed by atoms with Crippen LogP contribution in [0.2, 0.25) is 5.02 Å². The molecule has 0 aliphatic carbocycles. The van der Waals surface area contributed by atoms with Crippen LogP contribution in [0.25, 0.3) is 5.69 Å². The lowest BCUT2D eigenvalue weighted by Crippen LogP contribution is -2.13. The number of nitrogens with zero attached hydrogens (tertiary/aromatic N) is 2. The molecule has 112 valence electrons. The van der Waals surface area contributed by atoms with Crippen molar-refractivity contribution in [2.24, 2.45) is 0 Å². The van der Waals surface area contributed by atoms with Gasteiger partial charge in [0.15, 0.2) is 5.13 Å². The number of anilines is 1. The number of benzene rings is 1. The highest BCUT2D eigenvalue weighted by Gasteiger charge is 2.14. The fourth-order valence-corrected chi connectivity index (χ4v) is 3.06. The van der Waals surface area contributed by atoms with Gasteiger partial charge in [-0.2, -0.15) is 0 Å². The summed E-state index contributed by atoms with van der Waals surface area (Å²) in [7, 11) is 0. The number of nitrogens with one attached hydrogen (secondary N) is 1. The Balaban J connectivity index is 1.90. The van der Waals surface area contributed by atoms with Gasteiger partial charge in [-0.3, -0.25) is 10.1 Å². The third-order valence-electron chi connectivity index (χ3n) is 3.35. The summed E-state index contributed by atoms with van der Waals surface area (Å²) in [5, 5.41) is 3.81. The van der Waals surface area contributed by atoms with Gasteiger partial charge in [0.05, 0.1) is 16.3 Å². The molecule has 0 fully saturated rings. The van der Waals surface area contributed by atoms with E-state index in [1.807, 2.05) is 49.0 Å². The number of aromatic nitrogens is 2. The predicted molar refractivity (Wildman–Crippen MR) is 90.3 cm³/mol. The van der Waals surface area contributed by atoms with E-state index in [2.05, 4.69) is 10.3 Å². The summed E-state index contributed by atoms with van der Waals surface area (Å²) < 4.78 is 1.92. The van der Waals surface area contributed by atoms with Gasteiger partial charge in [0.25, 0.3) is 5.91 Å². The summed E-state index contributed by atoms with van der Waals surface area (Å²) >= 11 is 7.62. The summed E-state index contributed by atoms with van der Waals surface area (Å²) in [5.41, 5.74) is 2.23. The molecule has 6 heteroatoms. The normalized spacial score (nSPS) is 10.7. The number of aryl methyl sites for hydroxylation is 2. The van der Waals surface area contributed by atoms with Crippen molar-refractivity contribution in [2.75, 3.05) is 5.32 Å². The maximum atomic E-state index is 12.4. The number of hydrogen-bond acceptors (Lipinski definition) is 3. The third kappa shape index (κ3) is 2.91. The second kappa shape index (κ2) is 5.94. The molecule has 3 rings (SSSR count). The Morgan fingerprint density at radius 2 is 2.00 bits per heavy atom. The van der Waals surface area contributed by atoms with Gasteiger partial charge in [0, 0.05) is 23.0 Å². The highest BCUT2D eigenvalue weighted by Crippen LogP contribution is 2.24. The second-order valence-electron chi connectivity index (χ2n) is 4.87.